The molecular formula is C39H34I6O6S. The highest BCUT2D eigenvalue weighted by Crippen LogP contribution is 2.18. The zero-order valence-corrected chi connectivity index (χ0v) is 42.1. The molecule has 0 aliphatic rings. The monoisotopic (exact) mass is 1390 g/mol. The quantitative estimate of drug-likeness (QED) is 0.0757. The van der Waals surface area contributed by atoms with Crippen molar-refractivity contribution in [2.45, 2.75) is 13.8 Å². The third-order valence-corrected chi connectivity index (χ3v) is 11.2. The fourth-order valence-corrected chi connectivity index (χ4v) is 7.43. The van der Waals surface area contributed by atoms with Crippen molar-refractivity contribution in [1.82, 2.24) is 0 Å². The summed E-state index contributed by atoms with van der Waals surface area (Å²) >= 11 is 14.7. The highest BCUT2D eigenvalue weighted by atomic mass is 127. The van der Waals surface area contributed by atoms with E-state index in [1.807, 2.05) is 95.4 Å². The van der Waals surface area contributed by atoms with Crippen LogP contribution in [0.4, 0.5) is 0 Å². The number of methoxy groups -OCH3 is 2. The largest absolute Gasteiger partial charge is 0.497 e. The van der Waals surface area contributed by atoms with Gasteiger partial charge < -0.3 is 13.9 Å². The van der Waals surface area contributed by atoms with Crippen molar-refractivity contribution >= 4 is 165 Å². The predicted octanol–water partition coefficient (Wildman–Crippen LogP) is 13.5. The minimum absolute atomic E-state index is 0.155. The van der Waals surface area contributed by atoms with Crippen LogP contribution < -0.4 is 4.74 Å². The van der Waals surface area contributed by atoms with Crippen LogP contribution in [-0.2, 0) is 4.74 Å². The molecule has 4 aromatic carbocycles. The fourth-order valence-electron chi connectivity index (χ4n) is 3.25. The van der Waals surface area contributed by atoms with E-state index in [-0.39, 0.29) is 11.8 Å². The zero-order chi connectivity index (χ0) is 38.9. The van der Waals surface area contributed by atoms with Crippen molar-refractivity contribution in [3.05, 3.63) is 170 Å². The molecule has 0 saturated heterocycles. The molecule has 0 atom stereocenters. The molecule has 0 radical (unpaired) electrons. The number of ketones is 1. The first-order valence-electron chi connectivity index (χ1n) is 14.8. The van der Waals surface area contributed by atoms with Crippen LogP contribution in [0.2, 0.25) is 0 Å². The Kier molecular flexibility index (Phi) is 27.4. The first kappa shape index (κ1) is 48.9. The lowest BCUT2D eigenvalue weighted by Gasteiger charge is -1.99. The summed E-state index contributed by atoms with van der Waals surface area (Å²) in [6.07, 6.45) is 0.683. The summed E-state index contributed by atoms with van der Waals surface area (Å²) < 4.78 is 21.0. The summed E-state index contributed by atoms with van der Waals surface area (Å²) in [6.45, 7) is 3.68. The number of furan rings is 1. The van der Waals surface area contributed by atoms with Crippen LogP contribution in [-0.4, -0.2) is 32.3 Å². The van der Waals surface area contributed by atoms with E-state index in [0.717, 1.165) is 20.8 Å². The molecule has 0 fully saturated rings. The van der Waals surface area contributed by atoms with E-state index in [9.17, 15) is 14.4 Å². The van der Waals surface area contributed by atoms with E-state index >= 15 is 0 Å². The van der Waals surface area contributed by atoms with Crippen LogP contribution in [0.3, 0.4) is 0 Å². The average Bonchev–Trinajstić information content (AvgIpc) is 3.77. The van der Waals surface area contributed by atoms with Gasteiger partial charge in [-0.15, -0.1) is 11.3 Å². The van der Waals surface area contributed by atoms with Crippen molar-refractivity contribution in [1.29, 1.82) is 0 Å². The normalized spacial score (nSPS) is 9.19. The number of hydrogen-bond acceptors (Lipinski definition) is 7. The van der Waals surface area contributed by atoms with Crippen molar-refractivity contribution in [3.63, 3.8) is 0 Å². The van der Waals surface area contributed by atoms with Gasteiger partial charge in [-0.1, -0.05) is 54.1 Å². The maximum atomic E-state index is 11.0. The van der Waals surface area contributed by atoms with Gasteiger partial charge in [0.1, 0.15) is 5.75 Å². The second-order valence-corrected chi connectivity index (χ2v) is 18.6. The predicted molar refractivity (Wildman–Crippen MR) is 263 cm³/mol. The number of benzene rings is 4. The molecule has 52 heavy (non-hydrogen) atoms. The number of carbonyl (C=O) groups is 3. The van der Waals surface area contributed by atoms with Crippen LogP contribution >= 0.6 is 147 Å². The third-order valence-electron chi connectivity index (χ3n) is 5.65. The van der Waals surface area contributed by atoms with E-state index < -0.39 is 0 Å². The molecule has 2 heterocycles. The average molecular weight is 1390 g/mol. The van der Waals surface area contributed by atoms with Gasteiger partial charge in [0, 0.05) is 14.3 Å². The van der Waals surface area contributed by atoms with Crippen LogP contribution in [0, 0.1) is 27.9 Å². The highest BCUT2D eigenvalue weighted by Gasteiger charge is 2.07. The molecule has 6 aromatic rings. The summed E-state index contributed by atoms with van der Waals surface area (Å²) in [7, 11) is 3.05. The summed E-state index contributed by atoms with van der Waals surface area (Å²) in [5.41, 5.74) is 1.95. The van der Waals surface area contributed by atoms with Crippen molar-refractivity contribution in [2.24, 2.45) is 0 Å². The van der Waals surface area contributed by atoms with Gasteiger partial charge >= 0.3 is 5.97 Å². The maximum absolute atomic E-state index is 11.0. The van der Waals surface area contributed by atoms with Gasteiger partial charge in [0.25, 0.3) is 0 Å². The van der Waals surface area contributed by atoms with Gasteiger partial charge in [-0.3, -0.25) is 9.59 Å². The van der Waals surface area contributed by atoms with Gasteiger partial charge in [-0.25, -0.2) is 4.79 Å². The third kappa shape index (κ3) is 22.9. The number of ether oxygens (including phenoxy) is 2. The lowest BCUT2D eigenvalue weighted by molar-refractivity contribution is 0.0599. The molecule has 6 nitrogen and oxygen atoms in total. The van der Waals surface area contributed by atoms with Crippen LogP contribution in [0.25, 0.3) is 0 Å². The summed E-state index contributed by atoms with van der Waals surface area (Å²) in [5, 5.41) is 0. The smallest absolute Gasteiger partial charge is 0.338 e. The van der Waals surface area contributed by atoms with E-state index in [4.69, 9.17) is 9.15 Å². The van der Waals surface area contributed by atoms with Crippen molar-refractivity contribution < 1.29 is 28.3 Å². The SMILES string of the molecule is CC(=O)c1ccc(I)s1.COC(=O)c1ccccc1I.COc1cccc(I)c1.Cc1cccc(I)c1.Ic1ccccc1.O=Cc1ccc(I)o1. The number of carbonyl (C=O) groups excluding carboxylic acids is 3. The van der Waals surface area contributed by atoms with E-state index in [2.05, 4.69) is 161 Å². The van der Waals surface area contributed by atoms with Gasteiger partial charge in [0.15, 0.2) is 21.6 Å². The van der Waals surface area contributed by atoms with Crippen LogP contribution in [0.15, 0.2) is 132 Å². The standard InChI is InChI=1S/C8H7IO2.C7H7IO.C7H7I.C6H5IOS.C6H5I.C5H3IO2/c1-11-8(10)6-4-2-3-5-7(6)9;1-9-7-4-2-3-6(8)5-7;1-6-3-2-4-7(8)5-6;1-4(8)5-2-3-6(7)9-5;7-6-4-2-1-3-5-6;6-5-2-1-4(3-7)8-5/h2-5H,1H3;2-5H,1H3;2-5H,1H3;2-3H,1H3;1-5H;1-3H. The number of Topliss-reactive ketones (excluding diaryl/α,β-unsaturated/α-hetero) is 1. The zero-order valence-electron chi connectivity index (χ0n) is 28.3. The van der Waals surface area contributed by atoms with Gasteiger partial charge in [0.05, 0.1) is 27.5 Å². The Morgan fingerprint density at radius 3 is 1.62 bits per heavy atom. The minimum atomic E-state index is -0.282. The number of aryl methyl sites for hydroxylation is 1. The lowest BCUT2D eigenvalue weighted by Crippen LogP contribution is -2.02. The Bertz CT molecular complexity index is 1910. The van der Waals surface area contributed by atoms with Gasteiger partial charge in [0.2, 0.25) is 0 Å². The topological polar surface area (TPSA) is 82.8 Å². The Morgan fingerprint density at radius 2 is 1.27 bits per heavy atom. The summed E-state index contributed by atoms with van der Waals surface area (Å²) in [4.78, 5) is 32.4. The molecule has 0 unspecified atom stereocenters. The molecule has 0 bridgehead atoms. The maximum Gasteiger partial charge on any atom is 0.338 e. The Balaban J connectivity index is 0.000000314. The Morgan fingerprint density at radius 1 is 0.673 bits per heavy atom. The van der Waals surface area contributed by atoms with E-state index in [1.165, 1.54) is 34.7 Å². The summed E-state index contributed by atoms with van der Waals surface area (Å²) in [5.74, 6) is 1.18. The number of thiophene rings is 1. The second-order valence-electron chi connectivity index (χ2n) is 9.65. The van der Waals surface area contributed by atoms with Gasteiger partial charge in [-0.05, 0) is 228 Å². The first-order valence-corrected chi connectivity index (χ1v) is 22.1. The molecule has 274 valence electrons. The molecule has 0 N–H and O–H groups in total. The summed E-state index contributed by atoms with van der Waals surface area (Å²) in [6, 6.07) is 41.0. The molecular weight excluding hydrogens is 1360 g/mol. The van der Waals surface area contributed by atoms with Crippen LogP contribution in [0.5, 0.6) is 5.75 Å². The van der Waals surface area contributed by atoms with Crippen molar-refractivity contribution in [3.8, 4) is 5.75 Å². The second kappa shape index (κ2) is 29.2. The number of hydrogen-bond donors (Lipinski definition) is 0. The highest BCUT2D eigenvalue weighted by molar-refractivity contribution is 14.1. The van der Waals surface area contributed by atoms with E-state index in [0.29, 0.717) is 17.6 Å². The first-order chi connectivity index (χ1) is 24.8. The molecule has 6 rings (SSSR count). The number of halogens is 6. The molecule has 0 spiro atoms. The number of rotatable bonds is 4. The molecule has 13 heteroatoms. The van der Waals surface area contributed by atoms with Gasteiger partial charge in [-0.2, -0.15) is 0 Å². The molecule has 0 saturated carbocycles. The Labute approximate surface area is 391 Å². The molecule has 0 aliphatic heterocycles. The minimum Gasteiger partial charge on any atom is -0.497 e. The number of aldehydes is 1. The molecule has 2 aromatic heterocycles. The fraction of sp³-hybridized carbons (Fsp3) is 0.103. The molecule has 0 aliphatic carbocycles. The van der Waals surface area contributed by atoms with Crippen LogP contribution in [0.1, 0.15) is 43.1 Å². The van der Waals surface area contributed by atoms with Crippen molar-refractivity contribution in [2.75, 3.05) is 14.2 Å². The number of esters is 1. The van der Waals surface area contributed by atoms with E-state index in [1.54, 1.807) is 32.2 Å². The lowest BCUT2D eigenvalue weighted by atomic mass is 10.2. The Hall–Kier alpha value is -1.15. The molecule has 0 amide bonds.